The van der Waals surface area contributed by atoms with Crippen LogP contribution >= 0.6 is 0 Å². The van der Waals surface area contributed by atoms with E-state index in [0.29, 0.717) is 16.9 Å². The number of aromatic nitrogens is 1. The van der Waals surface area contributed by atoms with Gasteiger partial charge in [0.1, 0.15) is 0 Å². The molecular weight excluding hydrogens is 386 g/mol. The standard InChI is InChI=1S/C22H21N3O5/c1-14-20(30-13-24-14)21(27)23-12-16-8-17(22(28)29-2)11-18(9-16)25-19(26)10-15-6-4-3-5-7-15/h3-9,11,13H,10,12H2,1-2H3,(H,23,27)(H,25,26). The van der Waals surface area contributed by atoms with Crippen molar-refractivity contribution < 1.29 is 23.5 Å². The molecule has 0 bridgehead atoms. The average Bonchev–Trinajstić information content (AvgIpc) is 3.17. The van der Waals surface area contributed by atoms with Gasteiger partial charge in [-0.05, 0) is 36.2 Å². The predicted octanol–water partition coefficient (Wildman–Crippen LogP) is 2.88. The van der Waals surface area contributed by atoms with E-state index in [2.05, 4.69) is 15.6 Å². The first-order valence-electron chi connectivity index (χ1n) is 9.20. The number of benzene rings is 2. The molecule has 0 radical (unpaired) electrons. The Balaban J connectivity index is 1.74. The van der Waals surface area contributed by atoms with Crippen LogP contribution < -0.4 is 10.6 Å². The van der Waals surface area contributed by atoms with Gasteiger partial charge in [-0.2, -0.15) is 0 Å². The largest absolute Gasteiger partial charge is 0.465 e. The van der Waals surface area contributed by atoms with Crippen LogP contribution in [0.25, 0.3) is 0 Å². The number of carbonyl (C=O) groups is 3. The van der Waals surface area contributed by atoms with Crippen molar-refractivity contribution in [2.24, 2.45) is 0 Å². The van der Waals surface area contributed by atoms with Crippen molar-refractivity contribution in [2.45, 2.75) is 19.9 Å². The number of esters is 1. The Labute approximate surface area is 173 Å². The maximum Gasteiger partial charge on any atom is 0.337 e. The van der Waals surface area contributed by atoms with Gasteiger partial charge in [0, 0.05) is 12.2 Å². The number of anilines is 1. The minimum Gasteiger partial charge on any atom is -0.465 e. The lowest BCUT2D eigenvalue weighted by Crippen LogP contribution is -2.23. The van der Waals surface area contributed by atoms with Gasteiger partial charge in [-0.3, -0.25) is 9.59 Å². The fourth-order valence-corrected chi connectivity index (χ4v) is 2.87. The first kappa shape index (κ1) is 20.8. The minimum absolute atomic E-state index is 0.116. The number of methoxy groups -OCH3 is 1. The average molecular weight is 407 g/mol. The molecule has 2 amide bonds. The highest BCUT2D eigenvalue weighted by Crippen LogP contribution is 2.17. The summed E-state index contributed by atoms with van der Waals surface area (Å²) in [5.41, 5.74) is 2.64. The number of hydrogen-bond acceptors (Lipinski definition) is 6. The van der Waals surface area contributed by atoms with Gasteiger partial charge in [-0.1, -0.05) is 30.3 Å². The van der Waals surface area contributed by atoms with E-state index in [9.17, 15) is 14.4 Å². The second-order valence-electron chi connectivity index (χ2n) is 6.57. The first-order chi connectivity index (χ1) is 14.5. The number of rotatable bonds is 7. The van der Waals surface area contributed by atoms with Crippen molar-refractivity contribution in [2.75, 3.05) is 12.4 Å². The van der Waals surface area contributed by atoms with Crippen LogP contribution in [-0.2, 0) is 22.5 Å². The fourth-order valence-electron chi connectivity index (χ4n) is 2.87. The Morgan fingerprint density at radius 3 is 2.50 bits per heavy atom. The van der Waals surface area contributed by atoms with Gasteiger partial charge in [-0.15, -0.1) is 0 Å². The highest BCUT2D eigenvalue weighted by Gasteiger charge is 2.15. The van der Waals surface area contributed by atoms with Crippen molar-refractivity contribution in [3.63, 3.8) is 0 Å². The second kappa shape index (κ2) is 9.51. The summed E-state index contributed by atoms with van der Waals surface area (Å²) < 4.78 is 9.86. The predicted molar refractivity (Wildman–Crippen MR) is 109 cm³/mol. The Hall–Kier alpha value is -3.94. The minimum atomic E-state index is -0.548. The molecule has 2 N–H and O–H groups in total. The zero-order chi connectivity index (χ0) is 21.5. The third-order valence-electron chi connectivity index (χ3n) is 4.31. The Morgan fingerprint density at radius 1 is 1.07 bits per heavy atom. The van der Waals surface area contributed by atoms with Crippen LogP contribution in [0, 0.1) is 6.92 Å². The third kappa shape index (κ3) is 5.32. The molecular formula is C22H21N3O5. The van der Waals surface area contributed by atoms with Crippen molar-refractivity contribution in [3.8, 4) is 0 Å². The van der Waals surface area contributed by atoms with Crippen molar-refractivity contribution in [1.29, 1.82) is 0 Å². The zero-order valence-electron chi connectivity index (χ0n) is 16.6. The highest BCUT2D eigenvalue weighted by atomic mass is 16.5. The van der Waals surface area contributed by atoms with Crippen molar-refractivity contribution >= 4 is 23.5 Å². The Morgan fingerprint density at radius 2 is 1.83 bits per heavy atom. The van der Waals surface area contributed by atoms with Crippen LogP contribution in [0.3, 0.4) is 0 Å². The van der Waals surface area contributed by atoms with E-state index in [1.165, 1.54) is 19.6 Å². The van der Waals surface area contributed by atoms with E-state index >= 15 is 0 Å². The molecule has 8 nitrogen and oxygen atoms in total. The molecule has 0 saturated carbocycles. The second-order valence-corrected chi connectivity index (χ2v) is 6.57. The van der Waals surface area contributed by atoms with Gasteiger partial charge in [-0.25, -0.2) is 9.78 Å². The van der Waals surface area contributed by atoms with E-state index in [1.807, 2.05) is 30.3 Å². The SMILES string of the molecule is COC(=O)c1cc(CNC(=O)c2ocnc2C)cc(NC(=O)Cc2ccccc2)c1. The van der Waals surface area contributed by atoms with Crippen LogP contribution in [0.1, 0.15) is 37.7 Å². The highest BCUT2D eigenvalue weighted by molar-refractivity contribution is 5.96. The molecule has 3 aromatic rings. The fraction of sp³-hybridized carbons (Fsp3) is 0.182. The number of nitrogens with zero attached hydrogens (tertiary/aromatic N) is 1. The molecule has 2 aromatic carbocycles. The Bertz CT molecular complexity index is 1060. The van der Waals surface area contributed by atoms with Gasteiger partial charge in [0.2, 0.25) is 11.7 Å². The maximum absolute atomic E-state index is 12.4. The topological polar surface area (TPSA) is 111 Å². The quantitative estimate of drug-likeness (QED) is 0.583. The molecule has 1 aromatic heterocycles. The number of aryl methyl sites for hydroxylation is 1. The monoisotopic (exact) mass is 407 g/mol. The molecule has 154 valence electrons. The molecule has 8 heteroatoms. The summed E-state index contributed by atoms with van der Waals surface area (Å²) in [7, 11) is 1.27. The van der Waals surface area contributed by atoms with Crippen molar-refractivity contribution in [1.82, 2.24) is 10.3 Å². The molecule has 0 spiro atoms. The summed E-state index contributed by atoms with van der Waals surface area (Å²) in [5, 5.41) is 5.50. The normalized spacial score (nSPS) is 10.3. The molecule has 0 unspecified atom stereocenters. The lowest BCUT2D eigenvalue weighted by molar-refractivity contribution is -0.115. The summed E-state index contributed by atoms with van der Waals surface area (Å²) in [5.74, 6) is -1.08. The summed E-state index contributed by atoms with van der Waals surface area (Å²) in [6.07, 6.45) is 1.39. The van der Waals surface area contributed by atoms with E-state index in [4.69, 9.17) is 9.15 Å². The number of oxazole rings is 1. The summed E-state index contributed by atoms with van der Waals surface area (Å²) in [6.45, 7) is 1.78. The molecule has 0 aliphatic carbocycles. The van der Waals surface area contributed by atoms with Gasteiger partial charge >= 0.3 is 5.97 Å². The van der Waals surface area contributed by atoms with Gasteiger partial charge in [0.05, 0.1) is 24.8 Å². The molecule has 0 aliphatic rings. The van der Waals surface area contributed by atoms with E-state index in [1.54, 1.807) is 19.1 Å². The maximum atomic E-state index is 12.4. The van der Waals surface area contributed by atoms with Gasteiger partial charge in [0.15, 0.2) is 6.39 Å². The van der Waals surface area contributed by atoms with Crippen LogP contribution in [0.4, 0.5) is 5.69 Å². The third-order valence-corrected chi connectivity index (χ3v) is 4.31. The first-order valence-corrected chi connectivity index (χ1v) is 9.20. The Kier molecular flexibility index (Phi) is 6.59. The number of ether oxygens (including phenoxy) is 1. The lowest BCUT2D eigenvalue weighted by atomic mass is 10.1. The molecule has 0 fully saturated rings. The van der Waals surface area contributed by atoms with Crippen LogP contribution in [-0.4, -0.2) is 29.9 Å². The molecule has 3 rings (SSSR count). The summed E-state index contributed by atoms with van der Waals surface area (Å²) >= 11 is 0. The van der Waals surface area contributed by atoms with E-state index < -0.39 is 11.9 Å². The van der Waals surface area contributed by atoms with Gasteiger partial charge in [0.25, 0.3) is 5.91 Å². The summed E-state index contributed by atoms with van der Waals surface area (Å²) in [4.78, 5) is 40.5. The summed E-state index contributed by atoms with van der Waals surface area (Å²) in [6, 6.07) is 14.1. The van der Waals surface area contributed by atoms with Crippen molar-refractivity contribution in [3.05, 3.63) is 83.1 Å². The van der Waals surface area contributed by atoms with Crippen LogP contribution in [0.5, 0.6) is 0 Å². The van der Waals surface area contributed by atoms with E-state index in [0.717, 1.165) is 5.56 Å². The molecule has 0 atom stereocenters. The smallest absolute Gasteiger partial charge is 0.337 e. The molecule has 0 saturated heterocycles. The number of nitrogens with one attached hydrogen (secondary N) is 2. The van der Waals surface area contributed by atoms with Gasteiger partial charge < -0.3 is 19.8 Å². The lowest BCUT2D eigenvalue weighted by Gasteiger charge is -2.11. The molecule has 0 aliphatic heterocycles. The van der Waals surface area contributed by atoms with Crippen LogP contribution in [0.15, 0.2) is 59.3 Å². The zero-order valence-corrected chi connectivity index (χ0v) is 16.6. The van der Waals surface area contributed by atoms with E-state index in [-0.39, 0.29) is 30.2 Å². The number of amides is 2. The number of hydrogen-bond donors (Lipinski definition) is 2. The number of carbonyl (C=O) groups excluding carboxylic acids is 3. The van der Waals surface area contributed by atoms with Crippen LogP contribution in [0.2, 0.25) is 0 Å². The molecule has 1 heterocycles. The molecule has 30 heavy (non-hydrogen) atoms.